The van der Waals surface area contributed by atoms with Crippen LogP contribution in [0.5, 0.6) is 0 Å². The molecule has 8 heteroatoms. The van der Waals surface area contributed by atoms with E-state index in [1.807, 2.05) is 0 Å². The number of nitrogens with zero attached hydrogens (tertiary/aromatic N) is 1. The molecule has 3 N–H and O–H groups in total. The van der Waals surface area contributed by atoms with Crippen molar-refractivity contribution < 1.29 is 23.1 Å². The zero-order chi connectivity index (χ0) is 17.5. The van der Waals surface area contributed by atoms with E-state index in [1.165, 1.54) is 30.3 Å². The van der Waals surface area contributed by atoms with Gasteiger partial charge in [0.25, 0.3) is 15.9 Å². The summed E-state index contributed by atoms with van der Waals surface area (Å²) in [5.74, 6) is -2.03. The van der Waals surface area contributed by atoms with Crippen molar-refractivity contribution in [3.8, 4) is 0 Å². The van der Waals surface area contributed by atoms with Crippen LogP contribution >= 0.6 is 0 Å². The third kappa shape index (κ3) is 2.42. The molecule has 1 heterocycles. The van der Waals surface area contributed by atoms with Gasteiger partial charge in [0.05, 0.1) is 21.5 Å². The maximum absolute atomic E-state index is 12.8. The number of aromatic carboxylic acids is 1. The second kappa shape index (κ2) is 5.50. The minimum absolute atomic E-state index is 0.0419. The van der Waals surface area contributed by atoms with Gasteiger partial charge in [-0.05, 0) is 30.3 Å². The highest BCUT2D eigenvalue weighted by Crippen LogP contribution is 2.27. The molecule has 0 saturated heterocycles. The Labute approximate surface area is 137 Å². The summed E-state index contributed by atoms with van der Waals surface area (Å²) in [6, 6.07) is 11.5. The topological polar surface area (TPSA) is 119 Å². The summed E-state index contributed by atoms with van der Waals surface area (Å²) in [7, 11) is -3.95. The van der Waals surface area contributed by atoms with Crippen LogP contribution in [0.25, 0.3) is 10.9 Å². The summed E-state index contributed by atoms with van der Waals surface area (Å²) in [5, 5.41) is 9.25. The molecule has 0 aliphatic rings. The molecule has 0 atom stereocenters. The molecule has 0 unspecified atom stereocenters. The van der Waals surface area contributed by atoms with E-state index in [0.717, 1.165) is 10.2 Å². The average Bonchev–Trinajstić information content (AvgIpc) is 2.95. The van der Waals surface area contributed by atoms with Crippen molar-refractivity contribution in [1.82, 2.24) is 3.97 Å². The number of hydrogen-bond acceptors (Lipinski definition) is 4. The quantitative estimate of drug-likeness (QED) is 0.746. The molecule has 0 spiro atoms. The summed E-state index contributed by atoms with van der Waals surface area (Å²) in [6.45, 7) is 0. The van der Waals surface area contributed by atoms with E-state index in [4.69, 9.17) is 10.8 Å². The Morgan fingerprint density at radius 3 is 2.29 bits per heavy atom. The number of fused-ring (bicyclic) bond motifs is 1. The minimum Gasteiger partial charge on any atom is -0.478 e. The molecule has 0 aliphatic heterocycles. The molecule has 0 radical (unpaired) electrons. The molecule has 3 aromatic rings. The van der Waals surface area contributed by atoms with E-state index >= 15 is 0 Å². The van der Waals surface area contributed by atoms with E-state index < -0.39 is 21.9 Å². The van der Waals surface area contributed by atoms with Crippen LogP contribution < -0.4 is 5.73 Å². The van der Waals surface area contributed by atoms with Gasteiger partial charge in [0, 0.05) is 11.6 Å². The molecule has 0 fully saturated rings. The number of carboxylic acid groups (broad SMARTS) is 1. The molecule has 24 heavy (non-hydrogen) atoms. The largest absolute Gasteiger partial charge is 0.478 e. The number of nitrogens with two attached hydrogens (primary N) is 1. The van der Waals surface area contributed by atoms with Gasteiger partial charge in [-0.2, -0.15) is 0 Å². The molecule has 7 nitrogen and oxygen atoms in total. The number of rotatable bonds is 4. The van der Waals surface area contributed by atoms with E-state index in [9.17, 15) is 18.0 Å². The first kappa shape index (κ1) is 15.8. The summed E-state index contributed by atoms with van der Waals surface area (Å²) in [5.41, 5.74) is 5.35. The van der Waals surface area contributed by atoms with Crippen LogP contribution in [-0.4, -0.2) is 29.4 Å². The van der Waals surface area contributed by atoms with Gasteiger partial charge in [-0.15, -0.1) is 0 Å². The lowest BCUT2D eigenvalue weighted by Crippen LogP contribution is -2.13. The zero-order valence-electron chi connectivity index (χ0n) is 12.2. The van der Waals surface area contributed by atoms with Crippen LogP contribution in [0.1, 0.15) is 20.7 Å². The normalized spacial score (nSPS) is 11.5. The molecule has 3 rings (SSSR count). The van der Waals surface area contributed by atoms with Crippen LogP contribution in [0.15, 0.2) is 59.6 Å². The molecule has 0 aliphatic carbocycles. The van der Waals surface area contributed by atoms with Gasteiger partial charge in [-0.1, -0.05) is 18.2 Å². The fourth-order valence-electron chi connectivity index (χ4n) is 2.43. The van der Waals surface area contributed by atoms with Crippen molar-refractivity contribution in [3.05, 3.63) is 65.9 Å². The van der Waals surface area contributed by atoms with Gasteiger partial charge in [0.15, 0.2) is 0 Å². The van der Waals surface area contributed by atoms with Crippen molar-refractivity contribution in [1.29, 1.82) is 0 Å². The Bertz CT molecular complexity index is 1070. The number of amides is 1. The lowest BCUT2D eigenvalue weighted by molar-refractivity contribution is 0.0696. The molecular formula is C16H12N2O5S. The SMILES string of the molecule is NC(=O)c1cn(S(=O)(=O)c2ccccc2)c2ccc(C(=O)O)cc12. The highest BCUT2D eigenvalue weighted by molar-refractivity contribution is 7.90. The van der Waals surface area contributed by atoms with Crippen molar-refractivity contribution in [2.75, 3.05) is 0 Å². The maximum atomic E-state index is 12.8. The first-order valence-electron chi connectivity index (χ1n) is 6.81. The third-order valence-electron chi connectivity index (χ3n) is 3.58. The second-order valence-electron chi connectivity index (χ2n) is 5.06. The highest BCUT2D eigenvalue weighted by atomic mass is 32.2. The first-order valence-corrected chi connectivity index (χ1v) is 8.25. The van der Waals surface area contributed by atoms with Crippen molar-refractivity contribution in [2.24, 2.45) is 5.73 Å². The Kier molecular flexibility index (Phi) is 3.61. The molecule has 1 aromatic heterocycles. The van der Waals surface area contributed by atoms with Crippen LogP contribution in [0, 0.1) is 0 Å². The predicted molar refractivity (Wildman–Crippen MR) is 86.4 cm³/mol. The fraction of sp³-hybridized carbons (Fsp3) is 0. The molecule has 1 amide bonds. The first-order chi connectivity index (χ1) is 11.3. The van der Waals surface area contributed by atoms with Gasteiger partial charge in [-0.3, -0.25) is 4.79 Å². The predicted octanol–water partition coefficient (Wildman–Crippen LogP) is 1.68. The summed E-state index contributed by atoms with van der Waals surface area (Å²) >= 11 is 0. The van der Waals surface area contributed by atoms with E-state index in [1.54, 1.807) is 18.2 Å². The number of primary amides is 1. The minimum atomic E-state index is -3.95. The van der Waals surface area contributed by atoms with Crippen LogP contribution in [-0.2, 0) is 10.0 Å². The number of hydrogen-bond donors (Lipinski definition) is 2. The lowest BCUT2D eigenvalue weighted by Gasteiger charge is -2.07. The summed E-state index contributed by atoms with van der Waals surface area (Å²) in [4.78, 5) is 22.8. The Morgan fingerprint density at radius 2 is 1.71 bits per heavy atom. The Hall–Kier alpha value is -3.13. The van der Waals surface area contributed by atoms with Gasteiger partial charge in [0.1, 0.15) is 0 Å². The Balaban J connectivity index is 2.34. The van der Waals surface area contributed by atoms with Crippen molar-refractivity contribution in [3.63, 3.8) is 0 Å². The number of carbonyl (C=O) groups is 2. The third-order valence-corrected chi connectivity index (χ3v) is 5.27. The smallest absolute Gasteiger partial charge is 0.335 e. The van der Waals surface area contributed by atoms with Gasteiger partial charge < -0.3 is 10.8 Å². The van der Waals surface area contributed by atoms with E-state index in [0.29, 0.717) is 0 Å². The van der Waals surface area contributed by atoms with E-state index in [2.05, 4.69) is 0 Å². The van der Waals surface area contributed by atoms with Crippen molar-refractivity contribution in [2.45, 2.75) is 4.90 Å². The van der Waals surface area contributed by atoms with Crippen LogP contribution in [0.3, 0.4) is 0 Å². The number of carbonyl (C=O) groups excluding carboxylic acids is 1. The van der Waals surface area contributed by atoms with Gasteiger partial charge in [-0.25, -0.2) is 17.2 Å². The fourth-order valence-corrected chi connectivity index (χ4v) is 3.83. The number of benzene rings is 2. The molecular weight excluding hydrogens is 332 g/mol. The second-order valence-corrected chi connectivity index (χ2v) is 6.87. The number of carboxylic acids is 1. The van der Waals surface area contributed by atoms with Crippen LogP contribution in [0.4, 0.5) is 0 Å². The monoisotopic (exact) mass is 344 g/mol. The van der Waals surface area contributed by atoms with Crippen molar-refractivity contribution >= 4 is 32.8 Å². The number of aromatic nitrogens is 1. The standard InChI is InChI=1S/C16H12N2O5S/c17-15(19)13-9-18(24(22,23)11-4-2-1-3-5-11)14-7-6-10(16(20)21)8-12(13)14/h1-9H,(H2,17,19)(H,20,21). The molecule has 122 valence electrons. The van der Waals surface area contributed by atoms with Gasteiger partial charge >= 0.3 is 5.97 Å². The average molecular weight is 344 g/mol. The van der Waals surface area contributed by atoms with E-state index in [-0.39, 0.29) is 26.9 Å². The highest BCUT2D eigenvalue weighted by Gasteiger charge is 2.23. The summed E-state index contributed by atoms with van der Waals surface area (Å²) < 4.78 is 26.5. The molecule has 2 aromatic carbocycles. The summed E-state index contributed by atoms with van der Waals surface area (Å²) in [6.07, 6.45) is 1.11. The van der Waals surface area contributed by atoms with Crippen LogP contribution in [0.2, 0.25) is 0 Å². The molecule has 0 saturated carbocycles. The van der Waals surface area contributed by atoms with Gasteiger partial charge in [0.2, 0.25) is 0 Å². The lowest BCUT2D eigenvalue weighted by atomic mass is 10.1. The Morgan fingerprint density at radius 1 is 1.04 bits per heavy atom. The maximum Gasteiger partial charge on any atom is 0.335 e. The zero-order valence-corrected chi connectivity index (χ0v) is 13.0. The molecule has 0 bridgehead atoms.